The summed E-state index contributed by atoms with van der Waals surface area (Å²) < 4.78 is 38.6. The van der Waals surface area contributed by atoms with Gasteiger partial charge >= 0.3 is 6.18 Å². The predicted octanol–water partition coefficient (Wildman–Crippen LogP) is 4.48. The number of aromatic nitrogens is 2. The summed E-state index contributed by atoms with van der Waals surface area (Å²) in [7, 11) is 0. The summed E-state index contributed by atoms with van der Waals surface area (Å²) in [4.78, 5) is 8.10. The molecule has 1 heterocycles. The van der Waals surface area contributed by atoms with Crippen molar-refractivity contribution in [1.82, 2.24) is 9.97 Å². The van der Waals surface area contributed by atoms with E-state index in [2.05, 4.69) is 15.3 Å². The Labute approximate surface area is 128 Å². The second-order valence-corrected chi connectivity index (χ2v) is 5.23. The van der Waals surface area contributed by atoms with Crippen LogP contribution in [0.15, 0.2) is 35.5 Å². The Kier molecular flexibility index (Phi) is 4.95. The molecule has 2 rings (SSSR count). The molecule has 1 aromatic heterocycles. The van der Waals surface area contributed by atoms with E-state index in [0.717, 1.165) is 6.07 Å². The first kappa shape index (κ1) is 15.9. The van der Waals surface area contributed by atoms with Crippen LogP contribution in [0.3, 0.4) is 0 Å². The lowest BCUT2D eigenvalue weighted by atomic mass is 10.1. The van der Waals surface area contributed by atoms with Gasteiger partial charge in [0.25, 0.3) is 0 Å². The molecular weight excluding hydrogens is 323 g/mol. The van der Waals surface area contributed by atoms with Crippen molar-refractivity contribution in [3.8, 4) is 0 Å². The number of rotatable bonds is 4. The molecule has 21 heavy (non-hydrogen) atoms. The zero-order valence-electron chi connectivity index (χ0n) is 10.9. The van der Waals surface area contributed by atoms with E-state index in [9.17, 15) is 13.2 Å². The van der Waals surface area contributed by atoms with Crippen molar-refractivity contribution in [3.63, 3.8) is 0 Å². The fraction of sp³-hybridized carbons (Fsp3) is 0.231. The van der Waals surface area contributed by atoms with Gasteiger partial charge in [0.1, 0.15) is 11.0 Å². The molecule has 0 spiro atoms. The predicted molar refractivity (Wildman–Crippen MR) is 77.6 cm³/mol. The monoisotopic (exact) mass is 333 g/mol. The summed E-state index contributed by atoms with van der Waals surface area (Å²) in [6, 6.07) is 6.87. The van der Waals surface area contributed by atoms with Gasteiger partial charge in [0.2, 0.25) is 0 Å². The molecule has 0 aliphatic carbocycles. The van der Waals surface area contributed by atoms with E-state index in [1.165, 1.54) is 30.0 Å². The smallest absolute Gasteiger partial charge is 0.366 e. The van der Waals surface area contributed by atoms with E-state index in [1.807, 2.05) is 0 Å². The number of benzene rings is 1. The molecule has 8 heteroatoms. The molecule has 0 aliphatic rings. The molecule has 0 saturated heterocycles. The zero-order valence-corrected chi connectivity index (χ0v) is 12.5. The molecule has 0 fully saturated rings. The Balaban J connectivity index is 2.19. The maximum absolute atomic E-state index is 12.9. The van der Waals surface area contributed by atoms with Crippen molar-refractivity contribution in [2.75, 3.05) is 11.6 Å². The zero-order chi connectivity index (χ0) is 15.5. The normalized spacial score (nSPS) is 11.5. The Morgan fingerprint density at radius 3 is 2.62 bits per heavy atom. The summed E-state index contributed by atoms with van der Waals surface area (Å²) in [5.74, 6) is 0.385. The summed E-state index contributed by atoms with van der Waals surface area (Å²) >= 11 is 7.13. The van der Waals surface area contributed by atoms with Crippen LogP contribution in [0.2, 0.25) is 5.15 Å². The molecule has 0 unspecified atom stereocenters. The first-order chi connectivity index (χ1) is 9.90. The number of hydrogen-bond acceptors (Lipinski definition) is 4. The van der Waals surface area contributed by atoms with Gasteiger partial charge in [-0.1, -0.05) is 41.6 Å². The quantitative estimate of drug-likeness (QED) is 0.508. The topological polar surface area (TPSA) is 37.8 Å². The molecule has 0 radical (unpaired) electrons. The first-order valence-corrected chi connectivity index (χ1v) is 7.48. The summed E-state index contributed by atoms with van der Waals surface area (Å²) in [6.07, 6.45) is -2.60. The maximum Gasteiger partial charge on any atom is 0.416 e. The van der Waals surface area contributed by atoms with Crippen molar-refractivity contribution in [1.29, 1.82) is 0 Å². The van der Waals surface area contributed by atoms with Gasteiger partial charge in [-0.3, -0.25) is 0 Å². The van der Waals surface area contributed by atoms with Gasteiger partial charge in [0.15, 0.2) is 5.16 Å². The van der Waals surface area contributed by atoms with Crippen LogP contribution < -0.4 is 5.32 Å². The largest absolute Gasteiger partial charge is 0.416 e. The van der Waals surface area contributed by atoms with Crippen LogP contribution in [0.1, 0.15) is 11.1 Å². The molecule has 2 aromatic rings. The second-order valence-electron chi connectivity index (χ2n) is 4.07. The van der Waals surface area contributed by atoms with Crippen molar-refractivity contribution in [2.45, 2.75) is 17.9 Å². The summed E-state index contributed by atoms with van der Waals surface area (Å²) in [6.45, 7) is -0.00313. The van der Waals surface area contributed by atoms with E-state index in [-0.39, 0.29) is 17.3 Å². The van der Waals surface area contributed by atoms with Crippen LogP contribution in [0.4, 0.5) is 19.0 Å². The van der Waals surface area contributed by atoms with Crippen molar-refractivity contribution in [2.24, 2.45) is 0 Å². The molecule has 3 nitrogen and oxygen atoms in total. The van der Waals surface area contributed by atoms with Crippen LogP contribution in [0, 0.1) is 0 Å². The average Bonchev–Trinajstić information content (AvgIpc) is 2.44. The van der Waals surface area contributed by atoms with Gasteiger partial charge in [-0.25, -0.2) is 9.97 Å². The highest BCUT2D eigenvalue weighted by atomic mass is 35.5. The number of nitrogens with one attached hydrogen (secondary N) is 1. The van der Waals surface area contributed by atoms with Gasteiger partial charge in [-0.15, -0.1) is 0 Å². The van der Waals surface area contributed by atoms with Crippen molar-refractivity contribution >= 4 is 29.2 Å². The van der Waals surface area contributed by atoms with E-state index >= 15 is 0 Å². The fourth-order valence-corrected chi connectivity index (χ4v) is 2.33. The maximum atomic E-state index is 12.9. The van der Waals surface area contributed by atoms with E-state index in [1.54, 1.807) is 12.3 Å². The second kappa shape index (κ2) is 6.53. The van der Waals surface area contributed by atoms with Crippen LogP contribution in [-0.4, -0.2) is 16.2 Å². The van der Waals surface area contributed by atoms with Crippen molar-refractivity contribution < 1.29 is 13.2 Å². The minimum Gasteiger partial charge on any atom is -0.366 e. The highest BCUT2D eigenvalue weighted by molar-refractivity contribution is 7.98. The minimum absolute atomic E-state index is 0.00313. The molecule has 1 N–H and O–H groups in total. The van der Waals surface area contributed by atoms with Gasteiger partial charge in [-0.05, 0) is 17.9 Å². The first-order valence-electron chi connectivity index (χ1n) is 5.87. The van der Waals surface area contributed by atoms with Crippen molar-refractivity contribution in [3.05, 3.63) is 46.6 Å². The lowest BCUT2D eigenvalue weighted by Gasteiger charge is -2.13. The standard InChI is InChI=1S/C13H11ClF3N3S/c1-21-12-19-10(14)6-11(20-12)18-7-8-4-2-3-5-9(8)13(15,16)17/h2-6H,7H2,1H3,(H,18,19,20). The van der Waals surface area contributed by atoms with Crippen LogP contribution in [0.25, 0.3) is 0 Å². The molecular formula is C13H11ClF3N3S. The number of anilines is 1. The fourth-order valence-electron chi connectivity index (χ4n) is 1.72. The third-order valence-corrected chi connectivity index (χ3v) is 3.38. The summed E-state index contributed by atoms with van der Waals surface area (Å²) in [5.41, 5.74) is -0.520. The summed E-state index contributed by atoms with van der Waals surface area (Å²) in [5, 5.41) is 3.53. The lowest BCUT2D eigenvalue weighted by molar-refractivity contribution is -0.138. The molecule has 112 valence electrons. The molecule has 0 amide bonds. The number of hydrogen-bond donors (Lipinski definition) is 1. The van der Waals surface area contributed by atoms with Gasteiger partial charge < -0.3 is 5.32 Å². The molecule has 0 bridgehead atoms. The number of alkyl halides is 3. The lowest BCUT2D eigenvalue weighted by Crippen LogP contribution is -2.12. The third kappa shape index (κ3) is 4.25. The number of nitrogens with zero attached hydrogens (tertiary/aromatic N) is 2. The Hall–Kier alpha value is -1.47. The highest BCUT2D eigenvalue weighted by Gasteiger charge is 2.32. The Bertz CT molecular complexity index is 634. The average molecular weight is 334 g/mol. The van der Waals surface area contributed by atoms with E-state index in [4.69, 9.17) is 11.6 Å². The molecule has 0 saturated carbocycles. The Morgan fingerprint density at radius 2 is 1.95 bits per heavy atom. The van der Waals surface area contributed by atoms with Crippen LogP contribution >= 0.6 is 23.4 Å². The third-order valence-electron chi connectivity index (χ3n) is 2.64. The van der Waals surface area contributed by atoms with Gasteiger partial charge in [0.05, 0.1) is 5.56 Å². The Morgan fingerprint density at radius 1 is 1.24 bits per heavy atom. The van der Waals surface area contributed by atoms with E-state index in [0.29, 0.717) is 11.0 Å². The van der Waals surface area contributed by atoms with E-state index < -0.39 is 11.7 Å². The van der Waals surface area contributed by atoms with Gasteiger partial charge in [-0.2, -0.15) is 13.2 Å². The minimum atomic E-state index is -4.38. The molecule has 0 aliphatic heterocycles. The van der Waals surface area contributed by atoms with Gasteiger partial charge in [0, 0.05) is 12.6 Å². The SMILES string of the molecule is CSc1nc(Cl)cc(NCc2ccccc2C(F)(F)F)n1. The molecule has 0 atom stereocenters. The van der Waals surface area contributed by atoms with Crippen LogP contribution in [0.5, 0.6) is 0 Å². The highest BCUT2D eigenvalue weighted by Crippen LogP contribution is 2.32. The van der Waals surface area contributed by atoms with Crippen LogP contribution in [-0.2, 0) is 12.7 Å². The number of halogens is 4. The number of thioether (sulfide) groups is 1. The molecule has 1 aromatic carbocycles.